The first-order chi connectivity index (χ1) is 10.3. The summed E-state index contributed by atoms with van der Waals surface area (Å²) in [6, 6.07) is 0. The van der Waals surface area contributed by atoms with Gasteiger partial charge in [0.05, 0.1) is 6.10 Å². The monoisotopic (exact) mass is 312 g/mol. The molecule has 2 amide bonds. The predicted octanol–water partition coefficient (Wildman–Crippen LogP) is 2.02. The maximum Gasteiger partial charge on any atom is 0.410 e. The number of rotatable bonds is 1. The molecule has 2 heterocycles. The smallest absolute Gasteiger partial charge is 0.410 e. The van der Waals surface area contributed by atoms with E-state index in [2.05, 4.69) is 0 Å². The summed E-state index contributed by atoms with van der Waals surface area (Å²) in [5.74, 6) is 0.0652. The van der Waals surface area contributed by atoms with Gasteiger partial charge in [-0.1, -0.05) is 0 Å². The van der Waals surface area contributed by atoms with Gasteiger partial charge in [0.1, 0.15) is 11.7 Å². The Hall–Kier alpha value is -1.30. The molecule has 0 saturated carbocycles. The zero-order valence-electron chi connectivity index (χ0n) is 14.1. The topological polar surface area (TPSA) is 59.1 Å². The third kappa shape index (κ3) is 4.60. The van der Waals surface area contributed by atoms with Gasteiger partial charge in [0.25, 0.3) is 5.91 Å². The van der Waals surface area contributed by atoms with Gasteiger partial charge in [-0.2, -0.15) is 0 Å². The summed E-state index contributed by atoms with van der Waals surface area (Å²) in [5.41, 5.74) is -0.493. The largest absolute Gasteiger partial charge is 0.444 e. The maximum atomic E-state index is 12.5. The van der Waals surface area contributed by atoms with Crippen molar-refractivity contribution >= 4 is 12.0 Å². The Bertz CT molecular complexity index is 419. The fourth-order valence-corrected chi connectivity index (χ4v) is 2.83. The second-order valence-electron chi connectivity index (χ2n) is 7.16. The lowest BCUT2D eigenvalue weighted by molar-refractivity contribution is -0.142. The number of nitrogens with zero attached hydrogens (tertiary/aromatic N) is 2. The first-order valence-electron chi connectivity index (χ1n) is 8.18. The van der Waals surface area contributed by atoms with Crippen molar-refractivity contribution in [2.75, 3.05) is 26.2 Å². The summed E-state index contributed by atoms with van der Waals surface area (Å²) in [6.45, 7) is 9.94. The minimum atomic E-state index is -0.493. The van der Waals surface area contributed by atoms with E-state index in [1.807, 2.05) is 32.6 Å². The zero-order valence-corrected chi connectivity index (χ0v) is 14.1. The normalized spacial score (nSPS) is 26.7. The third-order valence-electron chi connectivity index (χ3n) is 3.97. The second kappa shape index (κ2) is 6.86. The van der Waals surface area contributed by atoms with Crippen LogP contribution in [0.25, 0.3) is 0 Å². The summed E-state index contributed by atoms with van der Waals surface area (Å²) >= 11 is 0. The van der Waals surface area contributed by atoms with Gasteiger partial charge < -0.3 is 19.3 Å². The van der Waals surface area contributed by atoms with Crippen LogP contribution in [0, 0.1) is 0 Å². The molecule has 6 nitrogen and oxygen atoms in total. The maximum absolute atomic E-state index is 12.5. The number of amides is 2. The Morgan fingerprint density at radius 2 is 1.68 bits per heavy atom. The van der Waals surface area contributed by atoms with E-state index in [1.54, 1.807) is 4.90 Å². The van der Waals surface area contributed by atoms with Crippen LogP contribution in [0.4, 0.5) is 4.79 Å². The summed E-state index contributed by atoms with van der Waals surface area (Å²) in [4.78, 5) is 28.1. The van der Waals surface area contributed by atoms with E-state index in [1.165, 1.54) is 0 Å². The van der Waals surface area contributed by atoms with Crippen molar-refractivity contribution in [1.82, 2.24) is 9.80 Å². The quantitative estimate of drug-likeness (QED) is 0.743. The summed E-state index contributed by atoms with van der Waals surface area (Å²) in [5, 5.41) is 0. The van der Waals surface area contributed by atoms with E-state index in [4.69, 9.17) is 9.47 Å². The molecule has 2 atom stereocenters. The molecule has 0 bridgehead atoms. The van der Waals surface area contributed by atoms with Crippen LogP contribution in [-0.4, -0.2) is 65.8 Å². The van der Waals surface area contributed by atoms with Crippen molar-refractivity contribution in [2.24, 2.45) is 0 Å². The molecule has 2 rings (SSSR count). The highest BCUT2D eigenvalue weighted by Gasteiger charge is 2.33. The van der Waals surface area contributed by atoms with Crippen molar-refractivity contribution in [3.8, 4) is 0 Å². The van der Waals surface area contributed by atoms with Gasteiger partial charge in [-0.3, -0.25) is 4.79 Å². The molecule has 0 N–H and O–H groups in total. The van der Waals surface area contributed by atoms with Crippen LogP contribution in [0.5, 0.6) is 0 Å². The molecule has 22 heavy (non-hydrogen) atoms. The van der Waals surface area contributed by atoms with Crippen molar-refractivity contribution in [3.05, 3.63) is 0 Å². The first kappa shape index (κ1) is 17.1. The van der Waals surface area contributed by atoms with E-state index in [-0.39, 0.29) is 24.2 Å². The molecule has 2 aliphatic heterocycles. The lowest BCUT2D eigenvalue weighted by Crippen LogP contribution is -2.42. The van der Waals surface area contributed by atoms with Gasteiger partial charge in [-0.15, -0.1) is 0 Å². The Balaban J connectivity index is 1.87. The van der Waals surface area contributed by atoms with Crippen LogP contribution in [0.15, 0.2) is 0 Å². The minimum Gasteiger partial charge on any atom is -0.444 e. The number of ether oxygens (including phenoxy) is 2. The summed E-state index contributed by atoms with van der Waals surface area (Å²) in [6.07, 6.45) is 2.07. The molecule has 6 heteroatoms. The van der Waals surface area contributed by atoms with Gasteiger partial charge in [0.15, 0.2) is 0 Å². The van der Waals surface area contributed by atoms with E-state index < -0.39 is 5.60 Å². The molecule has 0 aromatic heterocycles. The molecular formula is C16H28N2O4. The molecule has 2 unspecified atom stereocenters. The fraction of sp³-hybridized carbons (Fsp3) is 0.875. The Morgan fingerprint density at radius 3 is 2.27 bits per heavy atom. The number of carbonyl (C=O) groups is 2. The highest BCUT2D eigenvalue weighted by molar-refractivity contribution is 5.81. The SMILES string of the molecule is CC1CCC(C(=O)N2CCCN(C(=O)OC(C)(C)C)CC2)O1. The van der Waals surface area contributed by atoms with Gasteiger partial charge >= 0.3 is 6.09 Å². The molecule has 0 aliphatic carbocycles. The average molecular weight is 312 g/mol. The van der Waals surface area contributed by atoms with Gasteiger partial charge in [0.2, 0.25) is 0 Å². The summed E-state index contributed by atoms with van der Waals surface area (Å²) in [7, 11) is 0. The van der Waals surface area contributed by atoms with Gasteiger partial charge in [0, 0.05) is 26.2 Å². The molecule has 0 radical (unpaired) electrons. The number of hydrogen-bond donors (Lipinski definition) is 0. The Morgan fingerprint density at radius 1 is 1.05 bits per heavy atom. The Kier molecular flexibility index (Phi) is 5.32. The highest BCUT2D eigenvalue weighted by atomic mass is 16.6. The molecule has 0 aromatic rings. The molecule has 0 aromatic carbocycles. The number of carbonyl (C=O) groups excluding carboxylic acids is 2. The van der Waals surface area contributed by atoms with Crippen LogP contribution < -0.4 is 0 Å². The highest BCUT2D eigenvalue weighted by Crippen LogP contribution is 2.21. The van der Waals surface area contributed by atoms with Crippen LogP contribution in [-0.2, 0) is 14.3 Å². The average Bonchev–Trinajstić information content (AvgIpc) is 2.70. The van der Waals surface area contributed by atoms with E-state index in [0.29, 0.717) is 26.2 Å². The second-order valence-corrected chi connectivity index (χ2v) is 7.16. The third-order valence-corrected chi connectivity index (χ3v) is 3.97. The minimum absolute atomic E-state index is 0.0652. The lowest BCUT2D eigenvalue weighted by Gasteiger charge is -2.27. The van der Waals surface area contributed by atoms with Crippen LogP contribution >= 0.6 is 0 Å². The predicted molar refractivity (Wildman–Crippen MR) is 82.6 cm³/mol. The van der Waals surface area contributed by atoms with Crippen LogP contribution in [0.2, 0.25) is 0 Å². The molecule has 2 aliphatic rings. The van der Waals surface area contributed by atoms with Gasteiger partial charge in [-0.05, 0) is 47.0 Å². The Labute approximate surface area is 132 Å². The molecule has 126 valence electrons. The standard InChI is InChI=1S/C16H28N2O4/c1-12-6-7-13(21-12)14(19)17-8-5-9-18(11-10-17)15(20)22-16(2,3)4/h12-13H,5-11H2,1-4H3. The van der Waals surface area contributed by atoms with Crippen LogP contribution in [0.3, 0.4) is 0 Å². The van der Waals surface area contributed by atoms with Crippen molar-refractivity contribution in [2.45, 2.75) is 64.8 Å². The summed E-state index contributed by atoms with van der Waals surface area (Å²) < 4.78 is 11.1. The van der Waals surface area contributed by atoms with Crippen LogP contribution in [0.1, 0.15) is 47.0 Å². The van der Waals surface area contributed by atoms with Crippen molar-refractivity contribution in [3.63, 3.8) is 0 Å². The molecule has 2 saturated heterocycles. The van der Waals surface area contributed by atoms with E-state index in [0.717, 1.165) is 19.3 Å². The number of hydrogen-bond acceptors (Lipinski definition) is 4. The van der Waals surface area contributed by atoms with Crippen molar-refractivity contribution < 1.29 is 19.1 Å². The lowest BCUT2D eigenvalue weighted by atomic mass is 10.2. The zero-order chi connectivity index (χ0) is 16.3. The molecule has 2 fully saturated rings. The molecule has 0 spiro atoms. The molecular weight excluding hydrogens is 284 g/mol. The van der Waals surface area contributed by atoms with Crippen molar-refractivity contribution in [1.29, 1.82) is 0 Å². The van der Waals surface area contributed by atoms with E-state index in [9.17, 15) is 9.59 Å². The fourth-order valence-electron chi connectivity index (χ4n) is 2.83. The van der Waals surface area contributed by atoms with Gasteiger partial charge in [-0.25, -0.2) is 4.79 Å². The van der Waals surface area contributed by atoms with E-state index >= 15 is 0 Å². The first-order valence-corrected chi connectivity index (χ1v) is 8.18.